The molecule has 2 aromatic heterocycles. The molecule has 0 aliphatic carbocycles. The van der Waals surface area contributed by atoms with Crippen molar-refractivity contribution in [2.75, 3.05) is 11.9 Å². The third-order valence-electron chi connectivity index (χ3n) is 5.55. The van der Waals surface area contributed by atoms with Crippen LogP contribution in [0.1, 0.15) is 63.9 Å². The van der Waals surface area contributed by atoms with Crippen LogP contribution in [0.5, 0.6) is 0 Å². The number of amides is 2. The Labute approximate surface area is 223 Å². The number of nitrogens with one attached hydrogen (secondary N) is 2. The zero-order chi connectivity index (χ0) is 27.0. The quantitative estimate of drug-likeness (QED) is 0.317. The molecule has 7 nitrogen and oxygen atoms in total. The van der Waals surface area contributed by atoms with E-state index in [1.807, 2.05) is 47.5 Å². The molecule has 0 aliphatic rings. The Morgan fingerprint density at radius 3 is 2.65 bits per heavy atom. The van der Waals surface area contributed by atoms with E-state index >= 15 is 0 Å². The Morgan fingerprint density at radius 1 is 1.16 bits per heavy atom. The highest BCUT2D eigenvalue weighted by Gasteiger charge is 2.16. The average molecular weight is 518 g/mol. The number of anilines is 1. The first-order chi connectivity index (χ1) is 17.6. The van der Waals surface area contributed by atoms with E-state index in [2.05, 4.69) is 73.4 Å². The zero-order valence-corrected chi connectivity index (χ0v) is 23.1. The third kappa shape index (κ3) is 8.11. The van der Waals surface area contributed by atoms with Crippen molar-refractivity contribution in [1.29, 1.82) is 0 Å². The van der Waals surface area contributed by atoms with Crippen LogP contribution in [0.3, 0.4) is 0 Å². The van der Waals surface area contributed by atoms with Gasteiger partial charge in [-0.25, -0.2) is 4.98 Å². The highest BCUT2D eigenvalue weighted by Crippen LogP contribution is 2.27. The van der Waals surface area contributed by atoms with E-state index in [4.69, 9.17) is 0 Å². The number of carbonyl (C=O) groups is 2. The van der Waals surface area contributed by atoms with Gasteiger partial charge in [0.2, 0.25) is 5.91 Å². The Balaban J connectivity index is 1.60. The number of aliphatic imine (C=N–C) groups is 1. The lowest BCUT2D eigenvalue weighted by atomic mass is 10.0. The molecule has 37 heavy (non-hydrogen) atoms. The number of hydrogen-bond donors (Lipinski definition) is 2. The molecule has 0 atom stereocenters. The van der Waals surface area contributed by atoms with Gasteiger partial charge in [0, 0.05) is 40.8 Å². The zero-order valence-electron chi connectivity index (χ0n) is 22.3. The lowest BCUT2D eigenvalue weighted by Gasteiger charge is -2.20. The maximum absolute atomic E-state index is 12.4. The van der Waals surface area contributed by atoms with Gasteiger partial charge in [-0.15, -0.1) is 11.3 Å². The van der Waals surface area contributed by atoms with Gasteiger partial charge in [-0.3, -0.25) is 14.6 Å². The fourth-order valence-corrected chi connectivity index (χ4v) is 4.21. The van der Waals surface area contributed by atoms with Gasteiger partial charge in [0.25, 0.3) is 5.91 Å². The summed E-state index contributed by atoms with van der Waals surface area (Å²) >= 11 is 1.35. The number of thiazole rings is 1. The SMILES string of the molecule is CC/C=C/N=C(C)/C=C(\C)c1cccc(-c2csc(NC(=O)CNC(=O)c3ccn(C(C)(C)C)c3)n2)c1. The first-order valence-corrected chi connectivity index (χ1v) is 13.2. The van der Waals surface area contributed by atoms with Crippen LogP contribution in [0.25, 0.3) is 16.8 Å². The fourth-order valence-electron chi connectivity index (χ4n) is 3.47. The van der Waals surface area contributed by atoms with Crippen LogP contribution in [-0.4, -0.2) is 33.6 Å². The van der Waals surface area contributed by atoms with Gasteiger partial charge in [-0.1, -0.05) is 31.2 Å². The molecule has 0 spiro atoms. The summed E-state index contributed by atoms with van der Waals surface area (Å²) in [6, 6.07) is 9.86. The average Bonchev–Trinajstić information content (AvgIpc) is 3.53. The Morgan fingerprint density at radius 2 is 1.95 bits per heavy atom. The van der Waals surface area contributed by atoms with Gasteiger partial charge >= 0.3 is 0 Å². The number of nitrogens with zero attached hydrogens (tertiary/aromatic N) is 3. The van der Waals surface area contributed by atoms with Crippen molar-refractivity contribution in [3.8, 4) is 11.3 Å². The molecule has 0 bridgehead atoms. The molecule has 0 saturated heterocycles. The van der Waals surface area contributed by atoms with Gasteiger partial charge in [-0.05, 0) is 70.4 Å². The lowest BCUT2D eigenvalue weighted by Crippen LogP contribution is -2.32. The Bertz CT molecular complexity index is 1340. The van der Waals surface area contributed by atoms with Crippen molar-refractivity contribution >= 4 is 39.6 Å². The van der Waals surface area contributed by atoms with Crippen LogP contribution >= 0.6 is 11.3 Å². The van der Waals surface area contributed by atoms with Crippen molar-refractivity contribution in [3.05, 3.63) is 77.6 Å². The minimum Gasteiger partial charge on any atom is -0.348 e. The summed E-state index contributed by atoms with van der Waals surface area (Å²) in [6.07, 6.45) is 10.5. The van der Waals surface area contributed by atoms with Crippen LogP contribution < -0.4 is 10.6 Å². The second kappa shape index (κ2) is 12.5. The van der Waals surface area contributed by atoms with E-state index in [1.54, 1.807) is 12.3 Å². The van der Waals surface area contributed by atoms with Crippen molar-refractivity contribution in [2.45, 2.75) is 53.5 Å². The topological polar surface area (TPSA) is 88.4 Å². The molecule has 2 heterocycles. The molecule has 3 aromatic rings. The highest BCUT2D eigenvalue weighted by atomic mass is 32.1. The van der Waals surface area contributed by atoms with Crippen molar-refractivity contribution in [3.63, 3.8) is 0 Å². The number of hydrogen-bond acceptors (Lipinski definition) is 5. The van der Waals surface area contributed by atoms with Crippen molar-refractivity contribution in [1.82, 2.24) is 14.9 Å². The number of rotatable bonds is 9. The molecule has 0 radical (unpaired) electrons. The number of benzene rings is 1. The summed E-state index contributed by atoms with van der Waals surface area (Å²) in [5, 5.41) is 7.83. The van der Waals surface area contributed by atoms with E-state index in [1.165, 1.54) is 11.3 Å². The fraction of sp³-hybridized carbons (Fsp3) is 0.310. The van der Waals surface area contributed by atoms with Gasteiger partial charge in [0.15, 0.2) is 5.13 Å². The first kappa shape index (κ1) is 27.8. The van der Waals surface area contributed by atoms with E-state index in [0.717, 1.165) is 34.5 Å². The van der Waals surface area contributed by atoms with Crippen LogP contribution in [0, 0.1) is 0 Å². The molecule has 0 saturated carbocycles. The summed E-state index contributed by atoms with van der Waals surface area (Å²) in [4.78, 5) is 33.8. The Hall–Kier alpha value is -3.78. The van der Waals surface area contributed by atoms with E-state index in [-0.39, 0.29) is 23.9 Å². The predicted molar refractivity (Wildman–Crippen MR) is 154 cm³/mol. The molecule has 0 unspecified atom stereocenters. The first-order valence-electron chi connectivity index (χ1n) is 12.3. The number of aromatic nitrogens is 2. The summed E-state index contributed by atoms with van der Waals surface area (Å²) in [7, 11) is 0. The van der Waals surface area contributed by atoms with Gasteiger partial charge in [0.05, 0.1) is 17.8 Å². The van der Waals surface area contributed by atoms with Gasteiger partial charge < -0.3 is 15.2 Å². The van der Waals surface area contributed by atoms with Crippen LogP contribution in [0.2, 0.25) is 0 Å². The molecule has 8 heteroatoms. The second-order valence-electron chi connectivity index (χ2n) is 9.72. The summed E-state index contributed by atoms with van der Waals surface area (Å²) in [5.74, 6) is -0.621. The highest BCUT2D eigenvalue weighted by molar-refractivity contribution is 7.14. The maximum atomic E-state index is 12.4. The molecular weight excluding hydrogens is 482 g/mol. The van der Waals surface area contributed by atoms with Gasteiger partial charge in [0.1, 0.15) is 0 Å². The molecule has 0 fully saturated rings. The normalized spacial score (nSPS) is 12.7. The van der Waals surface area contributed by atoms with Crippen molar-refractivity contribution < 1.29 is 9.59 Å². The van der Waals surface area contributed by atoms with Crippen LogP contribution in [0.4, 0.5) is 5.13 Å². The molecular formula is C29H35N5O2S. The lowest BCUT2D eigenvalue weighted by molar-refractivity contribution is -0.115. The third-order valence-corrected chi connectivity index (χ3v) is 6.31. The molecule has 2 amide bonds. The maximum Gasteiger partial charge on any atom is 0.253 e. The number of allylic oxidation sites excluding steroid dienone is 3. The summed E-state index contributed by atoms with van der Waals surface area (Å²) in [6.45, 7) is 12.1. The van der Waals surface area contributed by atoms with Gasteiger partial charge in [-0.2, -0.15) is 0 Å². The van der Waals surface area contributed by atoms with Crippen LogP contribution in [-0.2, 0) is 10.3 Å². The monoisotopic (exact) mass is 517 g/mol. The Kier molecular flexibility index (Phi) is 9.36. The standard InChI is InChI=1S/C29H35N5O2S/c1-7-8-13-30-21(3)15-20(2)22-10-9-11-23(16-22)25-19-37-28(32-25)33-26(35)17-31-27(36)24-12-14-34(18-24)29(4,5)6/h8-16,18-19H,7,17H2,1-6H3,(H,31,36)(H,32,33,35)/b13-8+,20-15+,30-21+. The largest absolute Gasteiger partial charge is 0.348 e. The van der Waals surface area contributed by atoms with Crippen molar-refractivity contribution in [2.24, 2.45) is 4.99 Å². The molecule has 0 aliphatic heterocycles. The minimum absolute atomic E-state index is 0.119. The van der Waals surface area contributed by atoms with E-state index in [9.17, 15) is 9.59 Å². The molecule has 1 aromatic carbocycles. The molecule has 3 rings (SSSR count). The number of carbonyl (C=O) groups excluding carboxylic acids is 2. The molecule has 194 valence electrons. The summed E-state index contributed by atoms with van der Waals surface area (Å²) in [5.41, 5.74) is 5.25. The van der Waals surface area contributed by atoms with E-state index < -0.39 is 0 Å². The smallest absolute Gasteiger partial charge is 0.253 e. The predicted octanol–water partition coefficient (Wildman–Crippen LogP) is 6.52. The van der Waals surface area contributed by atoms with Crippen LogP contribution in [0.15, 0.2) is 71.4 Å². The molecule has 2 N–H and O–H groups in total. The minimum atomic E-state index is -0.330. The van der Waals surface area contributed by atoms with E-state index in [0.29, 0.717) is 10.7 Å². The summed E-state index contributed by atoms with van der Waals surface area (Å²) < 4.78 is 1.96. The second-order valence-corrected chi connectivity index (χ2v) is 10.6.